The van der Waals surface area contributed by atoms with Crippen molar-refractivity contribution in [2.75, 3.05) is 13.1 Å². The number of hydrogen-bond acceptors (Lipinski definition) is 1. The first-order chi connectivity index (χ1) is 7.42. The molecule has 82 valence electrons. The van der Waals surface area contributed by atoms with Crippen LogP contribution >= 0.6 is 0 Å². The minimum atomic E-state index is 0.736. The van der Waals surface area contributed by atoms with Crippen LogP contribution in [0, 0.1) is 5.92 Å². The Hall–Kier alpha value is -0.820. The second kappa shape index (κ2) is 5.32. The Morgan fingerprint density at radius 3 is 2.53 bits per heavy atom. The lowest BCUT2D eigenvalue weighted by Gasteiger charge is -2.34. The van der Waals surface area contributed by atoms with Crippen LogP contribution in [-0.4, -0.2) is 13.1 Å². The van der Waals surface area contributed by atoms with Crippen LogP contribution in [0.2, 0.25) is 0 Å². The summed E-state index contributed by atoms with van der Waals surface area (Å²) >= 11 is 0. The van der Waals surface area contributed by atoms with Gasteiger partial charge in [-0.25, -0.2) is 0 Å². The smallest absolute Gasteiger partial charge is 0.00227 e. The molecule has 0 aliphatic heterocycles. The molecule has 1 unspecified atom stereocenters. The van der Waals surface area contributed by atoms with E-state index in [1.165, 1.54) is 24.8 Å². The molecule has 2 rings (SSSR count). The van der Waals surface area contributed by atoms with Crippen LogP contribution in [0.15, 0.2) is 30.3 Å². The third-order valence-corrected chi connectivity index (χ3v) is 3.56. The van der Waals surface area contributed by atoms with Crippen LogP contribution in [0.25, 0.3) is 0 Å². The lowest BCUT2D eigenvalue weighted by Crippen LogP contribution is -2.30. The number of hydrogen-bond donors (Lipinski definition) is 1. The first kappa shape index (κ1) is 10.7. The Balaban J connectivity index is 2.04. The van der Waals surface area contributed by atoms with Crippen molar-refractivity contribution in [3.63, 3.8) is 0 Å². The van der Waals surface area contributed by atoms with E-state index < -0.39 is 0 Å². The Morgan fingerprint density at radius 2 is 2.00 bits per heavy atom. The Kier molecular flexibility index (Phi) is 3.79. The van der Waals surface area contributed by atoms with Crippen LogP contribution in [0.1, 0.15) is 37.7 Å². The molecule has 0 saturated heterocycles. The van der Waals surface area contributed by atoms with Gasteiger partial charge in [0, 0.05) is 6.54 Å². The fourth-order valence-corrected chi connectivity index (χ4v) is 2.40. The molecule has 1 aromatic carbocycles. The third kappa shape index (κ3) is 2.60. The van der Waals surface area contributed by atoms with E-state index >= 15 is 0 Å². The highest BCUT2D eigenvalue weighted by molar-refractivity contribution is 5.21. The molecule has 1 fully saturated rings. The zero-order valence-corrected chi connectivity index (χ0v) is 9.58. The highest BCUT2D eigenvalue weighted by Crippen LogP contribution is 2.38. The van der Waals surface area contributed by atoms with E-state index in [4.69, 9.17) is 0 Å². The summed E-state index contributed by atoms with van der Waals surface area (Å²) in [6, 6.07) is 11.0. The molecule has 1 aliphatic rings. The first-order valence-electron chi connectivity index (χ1n) is 6.17. The Morgan fingerprint density at radius 1 is 1.27 bits per heavy atom. The highest BCUT2D eigenvalue weighted by Gasteiger charge is 2.27. The molecular formula is C14H21N. The molecule has 0 aromatic heterocycles. The molecule has 1 nitrogen and oxygen atoms in total. The maximum absolute atomic E-state index is 3.50. The van der Waals surface area contributed by atoms with Crippen molar-refractivity contribution in [1.82, 2.24) is 5.32 Å². The van der Waals surface area contributed by atoms with Crippen molar-refractivity contribution in [2.45, 2.75) is 32.1 Å². The number of likely N-dealkylation sites (N-methyl/N-ethyl adjacent to an activating group) is 1. The van der Waals surface area contributed by atoms with Crippen LogP contribution in [0.3, 0.4) is 0 Å². The second-order valence-corrected chi connectivity index (χ2v) is 4.52. The molecule has 1 saturated carbocycles. The van der Waals surface area contributed by atoms with E-state index in [0.29, 0.717) is 0 Å². The summed E-state index contributed by atoms with van der Waals surface area (Å²) in [5.41, 5.74) is 1.52. The quantitative estimate of drug-likeness (QED) is 0.775. The number of rotatable bonds is 5. The van der Waals surface area contributed by atoms with Crippen molar-refractivity contribution in [2.24, 2.45) is 5.92 Å². The fraction of sp³-hybridized carbons (Fsp3) is 0.571. The standard InChI is InChI=1S/C14H21N/c1-2-15-11-14(13-9-6-10-13)12-7-4-3-5-8-12/h3-5,7-8,13-15H,2,6,9-11H2,1H3. The van der Waals surface area contributed by atoms with Gasteiger partial charge in [0.2, 0.25) is 0 Å². The van der Waals surface area contributed by atoms with Crippen molar-refractivity contribution in [3.8, 4) is 0 Å². The zero-order chi connectivity index (χ0) is 10.5. The van der Waals surface area contributed by atoms with Gasteiger partial charge in [0.05, 0.1) is 0 Å². The molecule has 0 radical (unpaired) electrons. The molecule has 1 atom stereocenters. The fourth-order valence-electron chi connectivity index (χ4n) is 2.40. The molecule has 0 bridgehead atoms. The summed E-state index contributed by atoms with van der Waals surface area (Å²) in [5.74, 6) is 1.66. The molecule has 0 amide bonds. The van der Waals surface area contributed by atoms with Crippen molar-refractivity contribution < 1.29 is 0 Å². The van der Waals surface area contributed by atoms with Crippen LogP contribution in [-0.2, 0) is 0 Å². The van der Waals surface area contributed by atoms with Crippen molar-refractivity contribution >= 4 is 0 Å². The summed E-state index contributed by atoms with van der Waals surface area (Å²) < 4.78 is 0. The van der Waals surface area contributed by atoms with E-state index in [1.807, 2.05) is 0 Å². The van der Waals surface area contributed by atoms with Gasteiger partial charge in [-0.3, -0.25) is 0 Å². The van der Waals surface area contributed by atoms with Gasteiger partial charge in [-0.05, 0) is 36.8 Å². The maximum Gasteiger partial charge on any atom is 0.00227 e. The lowest BCUT2D eigenvalue weighted by atomic mass is 9.73. The molecular weight excluding hydrogens is 182 g/mol. The average Bonchev–Trinajstić information content (AvgIpc) is 2.22. The molecule has 1 aliphatic carbocycles. The van der Waals surface area contributed by atoms with E-state index in [2.05, 4.69) is 42.6 Å². The number of benzene rings is 1. The predicted octanol–water partition coefficient (Wildman–Crippen LogP) is 3.18. The molecule has 0 spiro atoms. The minimum Gasteiger partial charge on any atom is -0.316 e. The Bertz CT molecular complexity index is 277. The monoisotopic (exact) mass is 203 g/mol. The van der Waals surface area contributed by atoms with Crippen LogP contribution < -0.4 is 5.32 Å². The second-order valence-electron chi connectivity index (χ2n) is 4.52. The van der Waals surface area contributed by atoms with E-state index in [1.54, 1.807) is 0 Å². The Labute approximate surface area is 92.9 Å². The molecule has 1 aromatic rings. The van der Waals surface area contributed by atoms with Gasteiger partial charge in [0.15, 0.2) is 0 Å². The van der Waals surface area contributed by atoms with Gasteiger partial charge in [-0.2, -0.15) is 0 Å². The first-order valence-corrected chi connectivity index (χ1v) is 6.17. The predicted molar refractivity (Wildman–Crippen MR) is 65.1 cm³/mol. The highest BCUT2D eigenvalue weighted by atomic mass is 14.8. The summed E-state index contributed by atoms with van der Waals surface area (Å²) in [7, 11) is 0. The van der Waals surface area contributed by atoms with E-state index in [9.17, 15) is 0 Å². The van der Waals surface area contributed by atoms with Crippen LogP contribution in [0.4, 0.5) is 0 Å². The van der Waals surface area contributed by atoms with Crippen molar-refractivity contribution in [3.05, 3.63) is 35.9 Å². The summed E-state index contributed by atoms with van der Waals surface area (Å²) in [6.07, 6.45) is 4.27. The lowest BCUT2D eigenvalue weighted by molar-refractivity contribution is 0.256. The largest absolute Gasteiger partial charge is 0.316 e. The molecule has 15 heavy (non-hydrogen) atoms. The van der Waals surface area contributed by atoms with Gasteiger partial charge in [-0.1, -0.05) is 43.7 Å². The average molecular weight is 203 g/mol. The van der Waals surface area contributed by atoms with E-state index in [0.717, 1.165) is 24.9 Å². The van der Waals surface area contributed by atoms with Crippen molar-refractivity contribution in [1.29, 1.82) is 0 Å². The van der Waals surface area contributed by atoms with Gasteiger partial charge in [-0.15, -0.1) is 0 Å². The van der Waals surface area contributed by atoms with Gasteiger partial charge in [0.25, 0.3) is 0 Å². The maximum atomic E-state index is 3.50. The van der Waals surface area contributed by atoms with Gasteiger partial charge < -0.3 is 5.32 Å². The topological polar surface area (TPSA) is 12.0 Å². The van der Waals surface area contributed by atoms with E-state index in [-0.39, 0.29) is 0 Å². The molecule has 1 heteroatoms. The molecule has 0 heterocycles. The summed E-state index contributed by atoms with van der Waals surface area (Å²) in [4.78, 5) is 0. The molecule has 1 N–H and O–H groups in total. The van der Waals surface area contributed by atoms with Gasteiger partial charge >= 0.3 is 0 Å². The third-order valence-electron chi connectivity index (χ3n) is 3.56. The summed E-state index contributed by atoms with van der Waals surface area (Å²) in [6.45, 7) is 4.41. The van der Waals surface area contributed by atoms with Crippen LogP contribution in [0.5, 0.6) is 0 Å². The normalized spacial score (nSPS) is 18.5. The SMILES string of the molecule is CCNCC(c1ccccc1)C1CCC1. The zero-order valence-electron chi connectivity index (χ0n) is 9.58. The number of nitrogens with one attached hydrogen (secondary N) is 1. The van der Waals surface area contributed by atoms with Gasteiger partial charge in [0.1, 0.15) is 0 Å². The minimum absolute atomic E-state index is 0.736. The summed E-state index contributed by atoms with van der Waals surface area (Å²) in [5, 5.41) is 3.50.